The highest BCUT2D eigenvalue weighted by Crippen LogP contribution is 2.28. The molecule has 0 amide bonds. The smallest absolute Gasteiger partial charge is 0.506 e. The van der Waals surface area contributed by atoms with Gasteiger partial charge in [-0.25, -0.2) is 0 Å². The summed E-state index contributed by atoms with van der Waals surface area (Å²) in [7, 11) is 0. The number of para-hydroxylation sites is 1. The minimum absolute atomic E-state index is 0.0608. The molecule has 2 aromatic carbocycles. The maximum absolute atomic E-state index is 12.1. The average molecular weight is 318 g/mol. The number of phenols is 1. The summed E-state index contributed by atoms with van der Waals surface area (Å²) in [6.07, 6.45) is -4.73. The van der Waals surface area contributed by atoms with Crippen molar-refractivity contribution < 1.29 is 23.0 Å². The number of rotatable bonds is 4. The van der Waals surface area contributed by atoms with Gasteiger partial charge in [0.1, 0.15) is 11.5 Å². The van der Waals surface area contributed by atoms with Crippen LogP contribution in [-0.4, -0.2) is 11.5 Å². The number of hydrogen-bond donors (Lipinski definition) is 2. The Hall–Kier alpha value is -2.08. The van der Waals surface area contributed by atoms with Crippen molar-refractivity contribution in [1.82, 2.24) is 0 Å². The second-order valence-electron chi connectivity index (χ2n) is 4.18. The molecule has 0 fully saturated rings. The fourth-order valence-corrected chi connectivity index (χ4v) is 1.90. The van der Waals surface area contributed by atoms with Gasteiger partial charge >= 0.3 is 6.36 Å². The topological polar surface area (TPSA) is 41.5 Å². The van der Waals surface area contributed by atoms with Crippen LogP contribution in [0.5, 0.6) is 11.5 Å². The van der Waals surface area contributed by atoms with Crippen molar-refractivity contribution in [2.24, 2.45) is 0 Å². The lowest BCUT2D eigenvalue weighted by molar-refractivity contribution is -0.274. The normalized spacial score (nSPS) is 11.2. The van der Waals surface area contributed by atoms with E-state index in [1.807, 2.05) is 0 Å². The minimum atomic E-state index is -4.73. The van der Waals surface area contributed by atoms with Gasteiger partial charge in [0.15, 0.2) is 0 Å². The lowest BCUT2D eigenvalue weighted by Crippen LogP contribution is -2.17. The third-order valence-corrected chi connectivity index (χ3v) is 2.93. The van der Waals surface area contributed by atoms with Gasteiger partial charge in [0.25, 0.3) is 0 Å². The van der Waals surface area contributed by atoms with Crippen LogP contribution in [0.3, 0.4) is 0 Å². The largest absolute Gasteiger partial charge is 0.573 e. The first kappa shape index (κ1) is 15.3. The number of ether oxygens (including phenoxy) is 1. The first-order valence-corrected chi connectivity index (χ1v) is 6.29. The Morgan fingerprint density at radius 2 is 1.86 bits per heavy atom. The molecule has 0 bridgehead atoms. The van der Waals surface area contributed by atoms with Crippen molar-refractivity contribution in [2.75, 3.05) is 5.32 Å². The number of halogens is 4. The number of anilines is 1. The Kier molecular flexibility index (Phi) is 4.47. The number of hydrogen-bond acceptors (Lipinski definition) is 3. The second kappa shape index (κ2) is 6.13. The first-order chi connectivity index (χ1) is 9.85. The van der Waals surface area contributed by atoms with Crippen LogP contribution in [0.25, 0.3) is 0 Å². The van der Waals surface area contributed by atoms with E-state index in [-0.39, 0.29) is 23.1 Å². The third kappa shape index (κ3) is 4.46. The van der Waals surface area contributed by atoms with Gasteiger partial charge in [0, 0.05) is 23.9 Å². The molecule has 2 rings (SSSR count). The van der Waals surface area contributed by atoms with E-state index in [0.717, 1.165) is 0 Å². The monoisotopic (exact) mass is 317 g/mol. The molecule has 0 spiro atoms. The molecule has 0 radical (unpaired) electrons. The summed E-state index contributed by atoms with van der Waals surface area (Å²) in [6, 6.07) is 10.3. The number of alkyl halides is 3. The highest BCUT2D eigenvalue weighted by molar-refractivity contribution is 6.32. The zero-order valence-electron chi connectivity index (χ0n) is 10.6. The van der Waals surface area contributed by atoms with E-state index >= 15 is 0 Å². The quantitative estimate of drug-likeness (QED) is 0.869. The summed E-state index contributed by atoms with van der Waals surface area (Å²) in [5.41, 5.74) is 0.959. The molecule has 2 aromatic rings. The van der Waals surface area contributed by atoms with Crippen molar-refractivity contribution in [3.05, 3.63) is 53.1 Å². The van der Waals surface area contributed by atoms with E-state index in [0.29, 0.717) is 11.3 Å². The summed E-state index contributed by atoms with van der Waals surface area (Å²) >= 11 is 5.77. The van der Waals surface area contributed by atoms with Gasteiger partial charge < -0.3 is 15.2 Å². The molecular weight excluding hydrogens is 307 g/mol. The zero-order valence-corrected chi connectivity index (χ0v) is 11.4. The third-order valence-electron chi connectivity index (χ3n) is 2.62. The average Bonchev–Trinajstić information content (AvgIpc) is 2.39. The summed E-state index contributed by atoms with van der Waals surface area (Å²) in [6.45, 7) is 0.210. The first-order valence-electron chi connectivity index (χ1n) is 5.91. The molecular formula is C14H11ClF3NO2. The highest BCUT2D eigenvalue weighted by atomic mass is 35.5. The maximum Gasteiger partial charge on any atom is 0.573 e. The van der Waals surface area contributed by atoms with Crippen molar-refractivity contribution >= 4 is 17.3 Å². The Bertz CT molecular complexity index is 632. The fourth-order valence-electron chi connectivity index (χ4n) is 1.70. The number of benzene rings is 2. The van der Waals surface area contributed by atoms with Crippen molar-refractivity contribution in [3.63, 3.8) is 0 Å². The van der Waals surface area contributed by atoms with E-state index < -0.39 is 6.36 Å². The van der Waals surface area contributed by atoms with Crippen molar-refractivity contribution in [1.29, 1.82) is 0 Å². The molecule has 0 aliphatic heterocycles. The Balaban J connectivity index is 2.07. The Morgan fingerprint density at radius 3 is 2.57 bits per heavy atom. The minimum Gasteiger partial charge on any atom is -0.506 e. The molecule has 0 aliphatic rings. The predicted octanol–water partition coefficient (Wildman–Crippen LogP) is 4.56. The molecule has 0 heterocycles. The molecule has 112 valence electrons. The molecule has 0 saturated carbocycles. The van der Waals surface area contributed by atoms with E-state index in [1.165, 1.54) is 24.3 Å². The molecule has 0 aliphatic carbocycles. The molecule has 0 aromatic heterocycles. The van der Waals surface area contributed by atoms with Crippen LogP contribution >= 0.6 is 11.6 Å². The van der Waals surface area contributed by atoms with E-state index in [4.69, 9.17) is 11.6 Å². The van der Waals surface area contributed by atoms with Crippen molar-refractivity contribution in [3.8, 4) is 11.5 Å². The lowest BCUT2D eigenvalue weighted by atomic mass is 10.2. The van der Waals surface area contributed by atoms with E-state index in [9.17, 15) is 18.3 Å². The van der Waals surface area contributed by atoms with Gasteiger partial charge in [-0.2, -0.15) is 0 Å². The molecule has 3 nitrogen and oxygen atoms in total. The van der Waals surface area contributed by atoms with E-state index in [1.54, 1.807) is 18.2 Å². The van der Waals surface area contributed by atoms with Gasteiger partial charge in [0.2, 0.25) is 0 Å². The summed E-state index contributed by atoms with van der Waals surface area (Å²) in [5, 5.41) is 12.8. The summed E-state index contributed by atoms with van der Waals surface area (Å²) in [5.74, 6) is -0.378. The maximum atomic E-state index is 12.1. The van der Waals surface area contributed by atoms with Crippen LogP contribution in [0.2, 0.25) is 5.02 Å². The Morgan fingerprint density at radius 1 is 1.14 bits per heavy atom. The second-order valence-corrected chi connectivity index (χ2v) is 4.58. The van der Waals surface area contributed by atoms with Gasteiger partial charge in [-0.15, -0.1) is 13.2 Å². The summed E-state index contributed by atoms with van der Waals surface area (Å²) in [4.78, 5) is 0. The van der Waals surface area contributed by atoms with Crippen LogP contribution in [0.15, 0.2) is 42.5 Å². The number of nitrogens with one attached hydrogen (secondary N) is 1. The van der Waals surface area contributed by atoms with Gasteiger partial charge in [-0.3, -0.25) is 0 Å². The molecule has 0 atom stereocenters. The number of phenolic OH excluding ortho intramolecular Hbond substituents is 1. The predicted molar refractivity (Wildman–Crippen MR) is 73.6 cm³/mol. The SMILES string of the molecule is Oc1c(Cl)cccc1CNc1cccc(OC(F)(F)F)c1. The van der Waals surface area contributed by atoms with Crippen LogP contribution in [0.1, 0.15) is 5.56 Å². The van der Waals surface area contributed by atoms with Gasteiger partial charge in [-0.1, -0.05) is 29.8 Å². The molecule has 21 heavy (non-hydrogen) atoms. The highest BCUT2D eigenvalue weighted by Gasteiger charge is 2.31. The van der Waals surface area contributed by atoms with Gasteiger partial charge in [-0.05, 0) is 18.2 Å². The molecule has 0 unspecified atom stereocenters. The number of aromatic hydroxyl groups is 1. The van der Waals surface area contributed by atoms with Crippen LogP contribution in [-0.2, 0) is 6.54 Å². The molecule has 0 saturated heterocycles. The zero-order chi connectivity index (χ0) is 15.5. The van der Waals surface area contributed by atoms with Crippen LogP contribution in [0.4, 0.5) is 18.9 Å². The fraction of sp³-hybridized carbons (Fsp3) is 0.143. The molecule has 7 heteroatoms. The molecule has 2 N–H and O–H groups in total. The standard InChI is InChI=1S/C14H11ClF3NO2/c15-12-6-1-3-9(13(12)20)8-19-10-4-2-5-11(7-10)21-14(16,17)18/h1-7,19-20H,8H2. The van der Waals surface area contributed by atoms with Crippen LogP contribution < -0.4 is 10.1 Å². The van der Waals surface area contributed by atoms with E-state index in [2.05, 4.69) is 10.1 Å². The summed E-state index contributed by atoms with van der Waals surface area (Å²) < 4.78 is 40.2. The van der Waals surface area contributed by atoms with Crippen LogP contribution in [0, 0.1) is 0 Å². The van der Waals surface area contributed by atoms with Crippen molar-refractivity contribution in [2.45, 2.75) is 12.9 Å². The lowest BCUT2D eigenvalue weighted by Gasteiger charge is -2.12. The Labute approximate surface area is 123 Å². The van der Waals surface area contributed by atoms with Gasteiger partial charge in [0.05, 0.1) is 5.02 Å².